The Bertz CT molecular complexity index is 942. The quantitative estimate of drug-likeness (QED) is 0.622. The van der Waals surface area contributed by atoms with E-state index in [1.165, 1.54) is 17.5 Å². The predicted octanol–water partition coefficient (Wildman–Crippen LogP) is 5.81. The van der Waals surface area contributed by atoms with E-state index in [2.05, 4.69) is 43.3 Å². The standard InChI is InChI=1S/C26H28O2/c1-26-13-12-22-21-11-9-20(28-2)15-18(21)8-10-23(22)24(26)16-19(25(26)27)14-17-6-4-3-5-7-17/h3-7,9,11,14-15,22-24H,8,10,12-13,16H2,1-2H3/b19-14+/t22-,23-,24+,26+/m1/s1. The molecule has 0 amide bonds. The molecular weight excluding hydrogens is 344 g/mol. The Balaban J connectivity index is 1.48. The molecule has 2 saturated carbocycles. The summed E-state index contributed by atoms with van der Waals surface area (Å²) in [7, 11) is 1.74. The second-order valence-corrected chi connectivity index (χ2v) is 9.05. The molecular formula is C26H28O2. The second-order valence-electron chi connectivity index (χ2n) is 9.05. The van der Waals surface area contributed by atoms with E-state index in [0.29, 0.717) is 23.5 Å². The summed E-state index contributed by atoms with van der Waals surface area (Å²) in [6.07, 6.45) is 7.51. The van der Waals surface area contributed by atoms with Crippen molar-refractivity contribution in [1.82, 2.24) is 0 Å². The van der Waals surface area contributed by atoms with Crippen LogP contribution >= 0.6 is 0 Å². The Morgan fingerprint density at radius 2 is 1.93 bits per heavy atom. The first-order chi connectivity index (χ1) is 13.6. The molecule has 0 radical (unpaired) electrons. The maximum Gasteiger partial charge on any atom is 0.165 e. The van der Waals surface area contributed by atoms with Gasteiger partial charge in [-0.25, -0.2) is 0 Å². The van der Waals surface area contributed by atoms with Gasteiger partial charge in [0.25, 0.3) is 0 Å². The Hall–Kier alpha value is -2.35. The number of aryl methyl sites for hydroxylation is 1. The van der Waals surface area contributed by atoms with Crippen LogP contribution in [0.1, 0.15) is 55.2 Å². The second kappa shape index (κ2) is 6.62. The lowest BCUT2D eigenvalue weighted by molar-refractivity contribution is -0.127. The van der Waals surface area contributed by atoms with Crippen LogP contribution in [0.15, 0.2) is 54.1 Å². The van der Waals surface area contributed by atoms with Gasteiger partial charge < -0.3 is 4.74 Å². The minimum atomic E-state index is -0.175. The molecule has 0 bridgehead atoms. The van der Waals surface area contributed by atoms with Gasteiger partial charge in [0.15, 0.2) is 5.78 Å². The summed E-state index contributed by atoms with van der Waals surface area (Å²) in [4.78, 5) is 13.4. The summed E-state index contributed by atoms with van der Waals surface area (Å²) in [5.41, 5.74) is 4.97. The Morgan fingerprint density at radius 1 is 1.11 bits per heavy atom. The molecule has 2 heteroatoms. The molecule has 0 aliphatic heterocycles. The number of allylic oxidation sites excluding steroid dienone is 1. The van der Waals surface area contributed by atoms with Gasteiger partial charge in [-0.1, -0.05) is 43.3 Å². The van der Waals surface area contributed by atoms with Crippen LogP contribution in [-0.4, -0.2) is 12.9 Å². The van der Waals surface area contributed by atoms with Crippen LogP contribution < -0.4 is 4.74 Å². The van der Waals surface area contributed by atoms with E-state index in [-0.39, 0.29) is 5.41 Å². The zero-order valence-corrected chi connectivity index (χ0v) is 16.8. The third kappa shape index (κ3) is 2.65. The van der Waals surface area contributed by atoms with Gasteiger partial charge in [-0.15, -0.1) is 0 Å². The highest BCUT2D eigenvalue weighted by molar-refractivity contribution is 6.06. The van der Waals surface area contributed by atoms with Gasteiger partial charge in [-0.05, 0) is 90.3 Å². The average molecular weight is 373 g/mol. The molecule has 3 aliphatic carbocycles. The van der Waals surface area contributed by atoms with Gasteiger partial charge in [0.05, 0.1) is 7.11 Å². The molecule has 2 fully saturated rings. The van der Waals surface area contributed by atoms with Crippen molar-refractivity contribution in [2.45, 2.75) is 44.9 Å². The molecule has 2 nitrogen and oxygen atoms in total. The van der Waals surface area contributed by atoms with Gasteiger partial charge in [-0.3, -0.25) is 4.79 Å². The average Bonchev–Trinajstić information content (AvgIpc) is 2.99. The first-order valence-corrected chi connectivity index (χ1v) is 10.6. The molecule has 0 heterocycles. The predicted molar refractivity (Wildman–Crippen MR) is 112 cm³/mol. The topological polar surface area (TPSA) is 26.3 Å². The highest BCUT2D eigenvalue weighted by atomic mass is 16.5. The van der Waals surface area contributed by atoms with Crippen molar-refractivity contribution in [2.75, 3.05) is 7.11 Å². The van der Waals surface area contributed by atoms with E-state index in [1.807, 2.05) is 18.2 Å². The van der Waals surface area contributed by atoms with Gasteiger partial charge in [0.1, 0.15) is 5.75 Å². The molecule has 0 aromatic heterocycles. The van der Waals surface area contributed by atoms with E-state index < -0.39 is 0 Å². The lowest BCUT2D eigenvalue weighted by atomic mass is 9.55. The molecule has 0 spiro atoms. The molecule has 3 aliphatic rings. The first kappa shape index (κ1) is 17.7. The van der Waals surface area contributed by atoms with Crippen molar-refractivity contribution in [3.63, 3.8) is 0 Å². The molecule has 5 rings (SSSR count). The van der Waals surface area contributed by atoms with Crippen molar-refractivity contribution < 1.29 is 9.53 Å². The number of carbonyl (C=O) groups is 1. The van der Waals surface area contributed by atoms with Crippen LogP contribution in [-0.2, 0) is 11.2 Å². The minimum Gasteiger partial charge on any atom is -0.497 e. The van der Waals surface area contributed by atoms with E-state index in [9.17, 15) is 4.79 Å². The van der Waals surface area contributed by atoms with E-state index in [0.717, 1.165) is 42.6 Å². The Kier molecular flexibility index (Phi) is 4.19. The highest BCUT2D eigenvalue weighted by Crippen LogP contribution is 2.60. The van der Waals surface area contributed by atoms with Crippen LogP contribution in [0.25, 0.3) is 6.08 Å². The monoisotopic (exact) mass is 372 g/mol. The molecule has 2 aromatic rings. The molecule has 144 valence electrons. The van der Waals surface area contributed by atoms with Crippen LogP contribution in [0, 0.1) is 17.3 Å². The van der Waals surface area contributed by atoms with Crippen molar-refractivity contribution in [3.05, 3.63) is 70.8 Å². The molecule has 0 N–H and O–H groups in total. The lowest BCUT2D eigenvalue weighted by Crippen LogP contribution is -2.42. The zero-order valence-electron chi connectivity index (χ0n) is 16.8. The molecule has 0 unspecified atom stereocenters. The molecule has 2 aromatic carbocycles. The summed E-state index contributed by atoms with van der Waals surface area (Å²) in [5.74, 6) is 3.05. The molecule has 0 saturated heterocycles. The number of fused-ring (bicyclic) bond motifs is 5. The van der Waals surface area contributed by atoms with Crippen molar-refractivity contribution in [2.24, 2.45) is 17.3 Å². The third-order valence-corrected chi connectivity index (χ3v) is 7.71. The molecule has 28 heavy (non-hydrogen) atoms. The van der Waals surface area contributed by atoms with E-state index in [1.54, 1.807) is 7.11 Å². The number of benzene rings is 2. The van der Waals surface area contributed by atoms with Crippen molar-refractivity contribution in [3.8, 4) is 5.75 Å². The van der Waals surface area contributed by atoms with Gasteiger partial charge >= 0.3 is 0 Å². The van der Waals surface area contributed by atoms with Crippen LogP contribution in [0.3, 0.4) is 0 Å². The molecule has 4 atom stereocenters. The Labute approximate surface area is 167 Å². The fraction of sp³-hybridized carbons (Fsp3) is 0.423. The zero-order chi connectivity index (χ0) is 19.3. The van der Waals surface area contributed by atoms with Crippen LogP contribution in [0.4, 0.5) is 0 Å². The van der Waals surface area contributed by atoms with E-state index in [4.69, 9.17) is 4.74 Å². The summed E-state index contributed by atoms with van der Waals surface area (Å²) in [6.45, 7) is 2.24. The third-order valence-electron chi connectivity index (χ3n) is 7.71. The Morgan fingerprint density at radius 3 is 2.71 bits per heavy atom. The summed E-state index contributed by atoms with van der Waals surface area (Å²) in [5, 5.41) is 0. The van der Waals surface area contributed by atoms with Gasteiger partial charge in [0, 0.05) is 5.41 Å². The van der Waals surface area contributed by atoms with Crippen molar-refractivity contribution in [1.29, 1.82) is 0 Å². The number of Topliss-reactive ketones (excluding diaryl/α,β-unsaturated/α-hetero) is 1. The number of hydrogen-bond acceptors (Lipinski definition) is 2. The minimum absolute atomic E-state index is 0.175. The number of methoxy groups -OCH3 is 1. The number of hydrogen-bond donors (Lipinski definition) is 0. The maximum atomic E-state index is 13.4. The number of ether oxygens (including phenoxy) is 1. The maximum absolute atomic E-state index is 13.4. The first-order valence-electron chi connectivity index (χ1n) is 10.6. The number of rotatable bonds is 2. The lowest BCUT2D eigenvalue weighted by Gasteiger charge is -2.48. The van der Waals surface area contributed by atoms with E-state index >= 15 is 0 Å². The fourth-order valence-electron chi connectivity index (χ4n) is 6.24. The van der Waals surface area contributed by atoms with Crippen LogP contribution in [0.2, 0.25) is 0 Å². The normalized spacial score (nSPS) is 32.6. The van der Waals surface area contributed by atoms with Gasteiger partial charge in [0.2, 0.25) is 0 Å². The fourth-order valence-corrected chi connectivity index (χ4v) is 6.24. The SMILES string of the molecule is COc1ccc2c(c1)CC[C@@H]1[C@@H]2CC[C@]2(C)C(=O)/C(=C/c3ccccc3)C[C@@H]12. The number of carbonyl (C=O) groups excluding carboxylic acids is 1. The smallest absolute Gasteiger partial charge is 0.165 e. The highest BCUT2D eigenvalue weighted by Gasteiger charge is 2.56. The van der Waals surface area contributed by atoms with Gasteiger partial charge in [-0.2, -0.15) is 0 Å². The largest absolute Gasteiger partial charge is 0.497 e. The van der Waals surface area contributed by atoms with Crippen molar-refractivity contribution >= 4 is 11.9 Å². The summed E-state index contributed by atoms with van der Waals surface area (Å²) in [6, 6.07) is 16.9. The summed E-state index contributed by atoms with van der Waals surface area (Å²) >= 11 is 0. The number of ketones is 1. The summed E-state index contributed by atoms with van der Waals surface area (Å²) < 4.78 is 5.43. The van der Waals surface area contributed by atoms with Crippen LogP contribution in [0.5, 0.6) is 5.75 Å².